The molecule has 29 heavy (non-hydrogen) atoms. The number of carbonyl (C=O) groups excluding carboxylic acids is 1. The second kappa shape index (κ2) is 8.42. The van der Waals surface area contributed by atoms with Crippen molar-refractivity contribution >= 4 is 16.8 Å². The van der Waals surface area contributed by atoms with Gasteiger partial charge in [0.25, 0.3) is 5.56 Å². The second-order valence-electron chi connectivity index (χ2n) is 7.38. The molecule has 4 heterocycles. The SMILES string of the molecule is Cn1cc(Oc2nc3cnccc3c(=O)[nH]2)cn1.O=C(C1CC1)N1CCCCC1. The molecule has 0 spiro atoms. The number of piperidine rings is 1. The van der Waals surface area contributed by atoms with Gasteiger partial charge in [-0.25, -0.2) is 0 Å². The number of fused-ring (bicyclic) bond motifs is 1. The number of likely N-dealkylation sites (tertiary alicyclic amines) is 1. The minimum Gasteiger partial charge on any atom is -0.422 e. The van der Waals surface area contributed by atoms with Crippen LogP contribution in [0.15, 0.2) is 35.6 Å². The fraction of sp³-hybridized carbons (Fsp3) is 0.450. The van der Waals surface area contributed by atoms with Gasteiger partial charge in [0, 0.05) is 32.3 Å². The van der Waals surface area contributed by atoms with Gasteiger partial charge >= 0.3 is 6.01 Å². The molecule has 2 aliphatic rings. The van der Waals surface area contributed by atoms with Crippen molar-refractivity contribution in [2.45, 2.75) is 32.1 Å². The molecule has 1 N–H and O–H groups in total. The topological polar surface area (TPSA) is 106 Å². The lowest BCUT2D eigenvalue weighted by molar-refractivity contribution is -0.133. The predicted molar refractivity (Wildman–Crippen MR) is 107 cm³/mol. The predicted octanol–water partition coefficient (Wildman–Crippen LogP) is 2.25. The fourth-order valence-electron chi connectivity index (χ4n) is 3.28. The summed E-state index contributed by atoms with van der Waals surface area (Å²) >= 11 is 0. The highest BCUT2D eigenvalue weighted by molar-refractivity contribution is 5.81. The van der Waals surface area contributed by atoms with E-state index in [9.17, 15) is 9.59 Å². The maximum Gasteiger partial charge on any atom is 0.302 e. The summed E-state index contributed by atoms with van der Waals surface area (Å²) in [5.74, 6) is 1.36. The molecule has 9 heteroatoms. The first-order valence-electron chi connectivity index (χ1n) is 9.89. The van der Waals surface area contributed by atoms with E-state index < -0.39 is 0 Å². The van der Waals surface area contributed by atoms with Gasteiger partial charge in [0.15, 0.2) is 5.75 Å². The number of H-pyrrole nitrogens is 1. The first-order chi connectivity index (χ1) is 14.1. The van der Waals surface area contributed by atoms with Gasteiger partial charge in [-0.2, -0.15) is 10.1 Å². The zero-order valence-electron chi connectivity index (χ0n) is 16.4. The van der Waals surface area contributed by atoms with Gasteiger partial charge in [-0.3, -0.25) is 24.2 Å². The van der Waals surface area contributed by atoms with Gasteiger partial charge in [-0.15, -0.1) is 0 Å². The van der Waals surface area contributed by atoms with Crippen molar-refractivity contribution in [3.63, 3.8) is 0 Å². The third-order valence-corrected chi connectivity index (χ3v) is 4.98. The number of hydrogen-bond donors (Lipinski definition) is 1. The monoisotopic (exact) mass is 396 g/mol. The molecule has 5 rings (SSSR count). The van der Waals surface area contributed by atoms with E-state index in [2.05, 4.69) is 25.0 Å². The summed E-state index contributed by atoms with van der Waals surface area (Å²) < 4.78 is 7.00. The standard InChI is InChI=1S/C11H9N5O2.C9H15NO/c1-16-6-7(4-13-16)18-11-14-9-5-12-3-2-8(9)10(17)15-11;11-9(8-4-5-8)10-6-2-1-3-7-10/h2-6H,1H3,(H,14,15,17);8H,1-7H2. The zero-order chi connectivity index (χ0) is 20.2. The van der Waals surface area contributed by atoms with Crippen LogP contribution in [0.1, 0.15) is 32.1 Å². The average molecular weight is 396 g/mol. The van der Waals surface area contributed by atoms with Crippen molar-refractivity contribution in [1.82, 2.24) is 29.6 Å². The van der Waals surface area contributed by atoms with Gasteiger partial charge in [0.2, 0.25) is 5.91 Å². The molecule has 0 bridgehead atoms. The Morgan fingerprint density at radius 2 is 2.00 bits per heavy atom. The summed E-state index contributed by atoms with van der Waals surface area (Å²) in [6.45, 7) is 2.05. The Morgan fingerprint density at radius 3 is 2.69 bits per heavy atom. The molecule has 1 aliphatic heterocycles. The molecule has 1 saturated carbocycles. The number of aromatic nitrogens is 5. The Balaban J connectivity index is 0.000000159. The Labute approximate surface area is 167 Å². The Morgan fingerprint density at radius 1 is 1.21 bits per heavy atom. The number of aromatic amines is 1. The summed E-state index contributed by atoms with van der Waals surface area (Å²) in [6.07, 6.45) is 12.3. The number of ether oxygens (including phenoxy) is 1. The largest absolute Gasteiger partial charge is 0.422 e. The van der Waals surface area contributed by atoms with Crippen LogP contribution in [-0.2, 0) is 11.8 Å². The molecule has 0 radical (unpaired) electrons. The third kappa shape index (κ3) is 4.79. The number of aryl methyl sites for hydroxylation is 1. The van der Waals surface area contributed by atoms with E-state index in [0.717, 1.165) is 25.9 Å². The maximum atomic E-state index is 11.8. The van der Waals surface area contributed by atoms with Gasteiger partial charge < -0.3 is 9.64 Å². The summed E-state index contributed by atoms with van der Waals surface area (Å²) in [7, 11) is 1.77. The first-order valence-corrected chi connectivity index (χ1v) is 9.89. The van der Waals surface area contributed by atoms with Crippen LogP contribution in [0, 0.1) is 5.92 Å². The lowest BCUT2D eigenvalue weighted by Gasteiger charge is -2.26. The molecule has 3 aromatic rings. The maximum absolute atomic E-state index is 11.8. The molecule has 9 nitrogen and oxygen atoms in total. The number of rotatable bonds is 3. The van der Waals surface area contributed by atoms with Crippen LogP contribution in [0.4, 0.5) is 0 Å². The zero-order valence-corrected chi connectivity index (χ0v) is 16.4. The van der Waals surface area contributed by atoms with E-state index in [1.54, 1.807) is 30.2 Å². The lowest BCUT2D eigenvalue weighted by atomic mass is 10.1. The smallest absolute Gasteiger partial charge is 0.302 e. The molecule has 3 aromatic heterocycles. The molecule has 1 saturated heterocycles. The van der Waals surface area contributed by atoms with Gasteiger partial charge in [0.1, 0.15) is 0 Å². The van der Waals surface area contributed by atoms with Gasteiger partial charge in [0.05, 0.1) is 29.5 Å². The average Bonchev–Trinajstić information content (AvgIpc) is 3.51. The van der Waals surface area contributed by atoms with Crippen LogP contribution in [0.2, 0.25) is 0 Å². The van der Waals surface area contributed by atoms with E-state index >= 15 is 0 Å². The van der Waals surface area contributed by atoms with Gasteiger partial charge in [-0.1, -0.05) is 0 Å². The minimum atomic E-state index is -0.263. The first kappa shape index (κ1) is 19.1. The number of nitrogens with one attached hydrogen (secondary N) is 1. The van der Waals surface area contributed by atoms with Crippen LogP contribution in [0.25, 0.3) is 10.9 Å². The van der Waals surface area contributed by atoms with Crippen molar-refractivity contribution in [2.24, 2.45) is 13.0 Å². The third-order valence-electron chi connectivity index (χ3n) is 4.98. The molecule has 1 aliphatic carbocycles. The summed E-state index contributed by atoms with van der Waals surface area (Å²) in [5.41, 5.74) is 0.224. The highest BCUT2D eigenvalue weighted by Crippen LogP contribution is 2.31. The Kier molecular flexibility index (Phi) is 5.55. The van der Waals surface area contributed by atoms with Crippen LogP contribution < -0.4 is 10.3 Å². The van der Waals surface area contributed by atoms with Crippen molar-refractivity contribution in [1.29, 1.82) is 0 Å². The number of carbonyl (C=O) groups is 1. The van der Waals surface area contributed by atoms with Crippen LogP contribution in [-0.4, -0.2) is 48.6 Å². The van der Waals surface area contributed by atoms with Crippen molar-refractivity contribution < 1.29 is 9.53 Å². The van der Waals surface area contributed by atoms with E-state index in [4.69, 9.17) is 4.74 Å². The number of amides is 1. The Bertz CT molecular complexity index is 1050. The Hall–Kier alpha value is -3.23. The molecule has 0 aromatic carbocycles. The van der Waals surface area contributed by atoms with E-state index in [-0.39, 0.29) is 11.6 Å². The fourth-order valence-corrected chi connectivity index (χ4v) is 3.28. The number of pyridine rings is 1. The van der Waals surface area contributed by atoms with E-state index in [1.807, 2.05) is 0 Å². The van der Waals surface area contributed by atoms with Crippen molar-refractivity contribution in [3.05, 3.63) is 41.2 Å². The molecule has 0 atom stereocenters. The van der Waals surface area contributed by atoms with Crippen molar-refractivity contribution in [3.8, 4) is 11.8 Å². The summed E-state index contributed by atoms with van der Waals surface area (Å²) in [6, 6.07) is 1.73. The van der Waals surface area contributed by atoms with Crippen LogP contribution >= 0.6 is 0 Å². The second-order valence-corrected chi connectivity index (χ2v) is 7.38. The number of hydrogen-bond acceptors (Lipinski definition) is 6. The molecule has 2 fully saturated rings. The van der Waals surface area contributed by atoms with Crippen LogP contribution in [0.3, 0.4) is 0 Å². The quantitative estimate of drug-likeness (QED) is 0.728. The van der Waals surface area contributed by atoms with E-state index in [0.29, 0.717) is 28.5 Å². The summed E-state index contributed by atoms with van der Waals surface area (Å²) in [5, 5.41) is 4.43. The highest BCUT2D eigenvalue weighted by Gasteiger charge is 2.33. The van der Waals surface area contributed by atoms with Crippen LogP contribution in [0.5, 0.6) is 11.8 Å². The molecular weight excluding hydrogens is 372 g/mol. The van der Waals surface area contributed by atoms with E-state index in [1.165, 1.54) is 31.7 Å². The minimum absolute atomic E-state index is 0.119. The number of nitrogens with zero attached hydrogens (tertiary/aromatic N) is 5. The normalized spacial score (nSPS) is 16.2. The molecule has 152 valence electrons. The van der Waals surface area contributed by atoms with Crippen molar-refractivity contribution in [2.75, 3.05) is 13.1 Å². The lowest BCUT2D eigenvalue weighted by Crippen LogP contribution is -2.36. The molecule has 1 amide bonds. The summed E-state index contributed by atoms with van der Waals surface area (Å²) in [4.78, 5) is 36.0. The van der Waals surface area contributed by atoms with Gasteiger partial charge in [-0.05, 0) is 38.2 Å². The molecular formula is C20H24N6O3. The highest BCUT2D eigenvalue weighted by atomic mass is 16.5. The molecule has 0 unspecified atom stereocenters.